The molecule has 4 aliphatic heterocycles. The van der Waals surface area contributed by atoms with Gasteiger partial charge in [0.1, 0.15) is 18.5 Å². The van der Waals surface area contributed by atoms with Crippen LogP contribution in [0.2, 0.25) is 0 Å². The fraction of sp³-hybridized carbons (Fsp3) is 0.600. The third-order valence-electron chi connectivity index (χ3n) is 10.8. The first-order chi connectivity index (χ1) is 21.9. The third kappa shape index (κ3) is 5.59. The number of nitrogens with zero attached hydrogens (tertiary/aromatic N) is 6. The van der Waals surface area contributed by atoms with Crippen LogP contribution in [0.3, 0.4) is 0 Å². The van der Waals surface area contributed by atoms with Gasteiger partial charge in [0.05, 0.1) is 23.4 Å². The average molecular weight is 615 g/mol. The van der Waals surface area contributed by atoms with Gasteiger partial charge in [0.25, 0.3) is 5.91 Å². The predicted octanol–water partition coefficient (Wildman–Crippen LogP) is 5.16. The summed E-state index contributed by atoms with van der Waals surface area (Å²) in [6, 6.07) is 6.50. The highest BCUT2D eigenvalue weighted by Crippen LogP contribution is 2.44. The van der Waals surface area contributed by atoms with Gasteiger partial charge in [-0.25, -0.2) is 11.0 Å². The number of amides is 1. The second-order valence-corrected chi connectivity index (χ2v) is 13.4. The van der Waals surface area contributed by atoms with Gasteiger partial charge in [0.15, 0.2) is 5.83 Å². The van der Waals surface area contributed by atoms with Crippen molar-refractivity contribution < 1.29 is 18.7 Å². The molecule has 238 valence electrons. The predicted molar refractivity (Wildman–Crippen MR) is 169 cm³/mol. The molecule has 0 N–H and O–H groups in total. The fourth-order valence-electron chi connectivity index (χ4n) is 8.58. The number of carbonyl (C=O) groups is 1. The van der Waals surface area contributed by atoms with E-state index in [9.17, 15) is 9.18 Å². The summed E-state index contributed by atoms with van der Waals surface area (Å²) in [5.74, 6) is -1.03. The summed E-state index contributed by atoms with van der Waals surface area (Å²) in [6.45, 7) is 16.7. The number of halogens is 1. The molecule has 7 rings (SSSR count). The number of anilines is 1. The number of aromatic nitrogens is 2. The van der Waals surface area contributed by atoms with Crippen LogP contribution >= 0.6 is 0 Å². The number of piperazine rings is 1. The van der Waals surface area contributed by atoms with Gasteiger partial charge >= 0.3 is 6.01 Å². The number of hydrogen-bond donors (Lipinski definition) is 0. The minimum Gasteiger partial charge on any atom is -0.461 e. The van der Waals surface area contributed by atoms with Crippen LogP contribution in [0.25, 0.3) is 4.85 Å². The van der Waals surface area contributed by atoms with E-state index in [1.807, 2.05) is 0 Å². The largest absolute Gasteiger partial charge is 0.461 e. The molecule has 0 spiro atoms. The second kappa shape index (κ2) is 12.3. The lowest BCUT2D eigenvalue weighted by molar-refractivity contribution is -0.131. The van der Waals surface area contributed by atoms with Gasteiger partial charge in [-0.15, -0.1) is 0 Å². The third-order valence-corrected chi connectivity index (χ3v) is 10.8. The van der Waals surface area contributed by atoms with E-state index in [4.69, 9.17) is 26.0 Å². The summed E-state index contributed by atoms with van der Waals surface area (Å²) in [7, 11) is 0. The molecule has 5 heterocycles. The van der Waals surface area contributed by atoms with Gasteiger partial charge < -0.3 is 24.1 Å². The SMILES string of the molecule is [C-]#[N+]C[C@H]1CN(c2nc(OCC34CCCN3CCC4)nc3c2[C@@H](C)O[C@@H](c2cccc4c2CCCC4)C3)CCN1C(=O)C(=C)F. The molecule has 0 unspecified atom stereocenters. The highest BCUT2D eigenvalue weighted by molar-refractivity contribution is 5.91. The van der Waals surface area contributed by atoms with E-state index in [0.29, 0.717) is 32.1 Å². The Balaban J connectivity index is 1.23. The molecule has 0 saturated carbocycles. The molecule has 1 aromatic heterocycles. The quantitative estimate of drug-likeness (QED) is 0.315. The summed E-state index contributed by atoms with van der Waals surface area (Å²) in [6.07, 6.45) is 9.47. The number of benzene rings is 1. The van der Waals surface area contributed by atoms with Gasteiger partial charge in [-0.2, -0.15) is 9.97 Å². The molecular formula is C35H43FN6O3. The van der Waals surface area contributed by atoms with Gasteiger partial charge in [-0.05, 0) is 88.1 Å². The zero-order chi connectivity index (χ0) is 31.1. The van der Waals surface area contributed by atoms with E-state index in [2.05, 4.69) is 46.3 Å². The van der Waals surface area contributed by atoms with Crippen LogP contribution < -0.4 is 9.64 Å². The molecule has 0 radical (unpaired) electrons. The maximum absolute atomic E-state index is 13.9. The number of carbonyl (C=O) groups excluding carboxylic acids is 1. The lowest BCUT2D eigenvalue weighted by atomic mass is 9.84. The van der Waals surface area contributed by atoms with Crippen molar-refractivity contribution in [2.24, 2.45) is 0 Å². The molecular weight excluding hydrogens is 571 g/mol. The van der Waals surface area contributed by atoms with Crippen molar-refractivity contribution in [3.8, 4) is 6.01 Å². The Hall–Kier alpha value is -3.55. The van der Waals surface area contributed by atoms with Gasteiger partial charge in [0, 0.05) is 31.6 Å². The summed E-state index contributed by atoms with van der Waals surface area (Å²) in [5.41, 5.74) is 6.03. The Morgan fingerprint density at radius 3 is 2.73 bits per heavy atom. The van der Waals surface area contributed by atoms with Crippen LogP contribution in [0, 0.1) is 6.57 Å². The molecule has 5 aliphatic rings. The van der Waals surface area contributed by atoms with Crippen molar-refractivity contribution in [1.82, 2.24) is 19.8 Å². The topological polar surface area (TPSA) is 75.4 Å². The molecule has 2 aromatic rings. The van der Waals surface area contributed by atoms with Crippen molar-refractivity contribution in [3.05, 3.63) is 70.0 Å². The molecule has 3 fully saturated rings. The molecule has 10 heteroatoms. The minimum atomic E-state index is -1.00. The summed E-state index contributed by atoms with van der Waals surface area (Å²) >= 11 is 0. The van der Waals surface area contributed by atoms with Crippen molar-refractivity contribution >= 4 is 11.7 Å². The van der Waals surface area contributed by atoms with Crippen molar-refractivity contribution in [2.45, 2.75) is 88.5 Å². The van der Waals surface area contributed by atoms with E-state index < -0.39 is 17.8 Å². The molecule has 0 bridgehead atoms. The molecule has 1 aliphatic carbocycles. The summed E-state index contributed by atoms with van der Waals surface area (Å²) in [5, 5.41) is 0. The van der Waals surface area contributed by atoms with Gasteiger partial charge in [-0.1, -0.05) is 24.8 Å². The molecule has 1 aromatic carbocycles. The first kappa shape index (κ1) is 30.1. The smallest absolute Gasteiger partial charge is 0.318 e. The first-order valence-electron chi connectivity index (χ1n) is 16.7. The highest BCUT2D eigenvalue weighted by Gasteiger charge is 2.45. The van der Waals surface area contributed by atoms with Crippen molar-refractivity contribution in [2.75, 3.05) is 50.8 Å². The Kier molecular flexibility index (Phi) is 8.25. The number of aryl methyl sites for hydroxylation is 1. The van der Waals surface area contributed by atoms with Crippen LogP contribution in [-0.2, 0) is 28.8 Å². The lowest BCUT2D eigenvalue weighted by Gasteiger charge is -2.41. The van der Waals surface area contributed by atoms with Crippen molar-refractivity contribution in [1.29, 1.82) is 0 Å². The van der Waals surface area contributed by atoms with Gasteiger partial charge in [0.2, 0.25) is 6.54 Å². The average Bonchev–Trinajstić information content (AvgIpc) is 3.63. The van der Waals surface area contributed by atoms with Gasteiger partial charge in [-0.3, -0.25) is 9.69 Å². The Morgan fingerprint density at radius 1 is 1.16 bits per heavy atom. The van der Waals surface area contributed by atoms with Crippen LogP contribution in [0.1, 0.15) is 85.6 Å². The maximum Gasteiger partial charge on any atom is 0.318 e. The molecule has 3 saturated heterocycles. The minimum absolute atomic E-state index is 0.0585. The number of rotatable bonds is 7. The second-order valence-electron chi connectivity index (χ2n) is 13.4. The molecule has 9 nitrogen and oxygen atoms in total. The standard InChI is InChI=1S/C35H43FN6O3/c1-23(36)33(43)42-18-17-40(21-26(42)20-37-3)32-31-24(2)45-30(28-12-6-10-25-9-4-5-11-27(25)28)19-29(31)38-34(39-32)44-22-35-13-7-15-41(35)16-8-14-35/h6,10,12,24,26,30H,1,4-5,7-9,11,13-22H2,2H3/t24-,26+,30-/m1/s1. The molecule has 3 atom stereocenters. The highest BCUT2D eigenvalue weighted by atomic mass is 19.1. The van der Waals surface area contributed by atoms with E-state index in [-0.39, 0.29) is 30.8 Å². The number of fused-ring (bicyclic) bond motifs is 3. The molecule has 45 heavy (non-hydrogen) atoms. The van der Waals surface area contributed by atoms with E-state index in [1.54, 1.807) is 0 Å². The van der Waals surface area contributed by atoms with Crippen LogP contribution in [0.5, 0.6) is 6.01 Å². The van der Waals surface area contributed by atoms with E-state index in [1.165, 1.54) is 47.3 Å². The Morgan fingerprint density at radius 2 is 1.96 bits per heavy atom. The number of ether oxygens (including phenoxy) is 2. The zero-order valence-corrected chi connectivity index (χ0v) is 26.3. The lowest BCUT2D eigenvalue weighted by Crippen LogP contribution is -2.57. The Bertz CT molecular complexity index is 1510. The Labute approximate surface area is 265 Å². The fourth-order valence-corrected chi connectivity index (χ4v) is 8.58. The first-order valence-corrected chi connectivity index (χ1v) is 16.7. The maximum atomic E-state index is 13.9. The van der Waals surface area contributed by atoms with E-state index in [0.717, 1.165) is 55.8 Å². The summed E-state index contributed by atoms with van der Waals surface area (Å²) < 4.78 is 27.2. The van der Waals surface area contributed by atoms with Crippen LogP contribution in [0.4, 0.5) is 10.2 Å². The monoisotopic (exact) mass is 614 g/mol. The van der Waals surface area contributed by atoms with Crippen molar-refractivity contribution in [3.63, 3.8) is 0 Å². The molecule has 1 amide bonds. The summed E-state index contributed by atoms with van der Waals surface area (Å²) in [4.78, 5) is 32.4. The van der Waals surface area contributed by atoms with Crippen LogP contribution in [0.15, 0.2) is 30.6 Å². The van der Waals surface area contributed by atoms with E-state index >= 15 is 0 Å². The van der Waals surface area contributed by atoms with Crippen LogP contribution in [-0.4, -0.2) is 83.1 Å². The zero-order valence-electron chi connectivity index (χ0n) is 26.3. The normalized spacial score (nSPS) is 25.7. The number of hydrogen-bond acceptors (Lipinski definition) is 7.